The number of carbonyl (C=O) groups excluding carboxylic acids is 1. The molecule has 1 aromatic rings. The van der Waals surface area contributed by atoms with Crippen LogP contribution in [-0.2, 0) is 9.53 Å². The van der Waals surface area contributed by atoms with E-state index in [0.29, 0.717) is 5.56 Å². The summed E-state index contributed by atoms with van der Waals surface area (Å²) in [5.74, 6) is -1.17. The van der Waals surface area contributed by atoms with Crippen molar-refractivity contribution >= 4 is 11.9 Å². The molecule has 0 bridgehead atoms. The molecule has 0 aliphatic heterocycles. The summed E-state index contributed by atoms with van der Waals surface area (Å²) in [5.41, 5.74) is 2.58. The summed E-state index contributed by atoms with van der Waals surface area (Å²) in [4.78, 5) is 22.6. The number of carboxylic acids is 1. The fourth-order valence-corrected chi connectivity index (χ4v) is 1.80. The van der Waals surface area contributed by atoms with Gasteiger partial charge in [0, 0.05) is 19.2 Å². The predicted octanol–water partition coefficient (Wildman–Crippen LogP) is 1.52. The first kappa shape index (κ1) is 15.2. The van der Waals surface area contributed by atoms with Crippen LogP contribution in [-0.4, -0.2) is 36.7 Å². The van der Waals surface area contributed by atoms with Gasteiger partial charge in [-0.1, -0.05) is 17.7 Å². The predicted molar refractivity (Wildman–Crippen MR) is 71.3 cm³/mol. The van der Waals surface area contributed by atoms with Gasteiger partial charge in [0.15, 0.2) is 0 Å². The molecule has 1 rings (SSSR count). The number of hydrogen-bond donors (Lipinski definition) is 2. The van der Waals surface area contributed by atoms with Crippen LogP contribution in [0.2, 0.25) is 0 Å². The van der Waals surface area contributed by atoms with Gasteiger partial charge in [0.2, 0.25) is 0 Å². The summed E-state index contributed by atoms with van der Waals surface area (Å²) < 4.78 is 5.00. The van der Waals surface area contributed by atoms with Crippen molar-refractivity contribution in [2.45, 2.75) is 26.4 Å². The van der Waals surface area contributed by atoms with Gasteiger partial charge in [-0.3, -0.25) is 9.59 Å². The summed E-state index contributed by atoms with van der Waals surface area (Å²) in [6.45, 7) is 4.00. The average molecular weight is 265 g/mol. The maximum atomic E-state index is 12.0. The van der Waals surface area contributed by atoms with Gasteiger partial charge in [-0.05, 0) is 25.5 Å². The third-order valence-electron chi connectivity index (χ3n) is 2.85. The van der Waals surface area contributed by atoms with E-state index in [0.717, 1.165) is 11.1 Å². The van der Waals surface area contributed by atoms with Crippen molar-refractivity contribution in [2.24, 2.45) is 0 Å². The molecular weight excluding hydrogens is 246 g/mol. The zero-order valence-electron chi connectivity index (χ0n) is 11.4. The highest BCUT2D eigenvalue weighted by atomic mass is 16.5. The Morgan fingerprint density at radius 3 is 2.58 bits per heavy atom. The van der Waals surface area contributed by atoms with Crippen LogP contribution >= 0.6 is 0 Å². The topological polar surface area (TPSA) is 75.6 Å². The number of benzene rings is 1. The van der Waals surface area contributed by atoms with Crippen molar-refractivity contribution in [3.63, 3.8) is 0 Å². The lowest BCUT2D eigenvalue weighted by Crippen LogP contribution is -2.34. The summed E-state index contributed by atoms with van der Waals surface area (Å²) >= 11 is 0. The smallest absolute Gasteiger partial charge is 0.306 e. The van der Waals surface area contributed by atoms with Crippen LogP contribution < -0.4 is 5.32 Å². The molecule has 1 atom stereocenters. The Morgan fingerprint density at radius 1 is 1.37 bits per heavy atom. The van der Waals surface area contributed by atoms with Crippen LogP contribution in [0.1, 0.15) is 27.9 Å². The maximum Gasteiger partial charge on any atom is 0.306 e. The zero-order valence-corrected chi connectivity index (χ0v) is 11.4. The second-order valence-electron chi connectivity index (χ2n) is 4.48. The van der Waals surface area contributed by atoms with Crippen LogP contribution in [0.25, 0.3) is 0 Å². The van der Waals surface area contributed by atoms with E-state index in [4.69, 9.17) is 9.84 Å². The molecule has 19 heavy (non-hydrogen) atoms. The molecule has 1 aromatic carbocycles. The van der Waals surface area contributed by atoms with E-state index >= 15 is 0 Å². The van der Waals surface area contributed by atoms with Gasteiger partial charge >= 0.3 is 5.97 Å². The van der Waals surface area contributed by atoms with Crippen LogP contribution in [0.4, 0.5) is 0 Å². The van der Waals surface area contributed by atoms with Crippen molar-refractivity contribution in [1.29, 1.82) is 0 Å². The quantitative estimate of drug-likeness (QED) is 0.817. The van der Waals surface area contributed by atoms with Crippen molar-refractivity contribution in [3.8, 4) is 0 Å². The Morgan fingerprint density at radius 2 is 2.05 bits per heavy atom. The molecule has 0 saturated heterocycles. The Labute approximate surface area is 112 Å². The Bertz CT molecular complexity index is 471. The lowest BCUT2D eigenvalue weighted by atomic mass is 10.1. The molecule has 5 heteroatoms. The van der Waals surface area contributed by atoms with Gasteiger partial charge in [0.1, 0.15) is 0 Å². The highest BCUT2D eigenvalue weighted by molar-refractivity contribution is 5.95. The minimum absolute atomic E-state index is 0.135. The number of nitrogens with one attached hydrogen (secondary N) is 1. The van der Waals surface area contributed by atoms with Crippen LogP contribution in [0, 0.1) is 13.8 Å². The molecule has 1 amide bonds. The van der Waals surface area contributed by atoms with Crippen molar-refractivity contribution in [1.82, 2.24) is 5.32 Å². The van der Waals surface area contributed by atoms with E-state index in [1.807, 2.05) is 26.0 Å². The molecule has 0 spiro atoms. The first-order valence-corrected chi connectivity index (χ1v) is 6.04. The molecule has 0 aliphatic rings. The molecule has 0 aliphatic carbocycles. The van der Waals surface area contributed by atoms with E-state index in [1.165, 1.54) is 7.11 Å². The van der Waals surface area contributed by atoms with Crippen LogP contribution in [0.3, 0.4) is 0 Å². The highest BCUT2D eigenvalue weighted by Crippen LogP contribution is 2.10. The van der Waals surface area contributed by atoms with Crippen LogP contribution in [0.15, 0.2) is 18.2 Å². The van der Waals surface area contributed by atoms with Crippen molar-refractivity contribution in [3.05, 3.63) is 34.9 Å². The number of ether oxygens (including phenoxy) is 1. The van der Waals surface area contributed by atoms with E-state index < -0.39 is 12.1 Å². The second-order valence-corrected chi connectivity index (χ2v) is 4.48. The number of amides is 1. The molecule has 104 valence electrons. The molecule has 0 aromatic heterocycles. The van der Waals surface area contributed by atoms with Crippen molar-refractivity contribution < 1.29 is 19.4 Å². The first-order chi connectivity index (χ1) is 8.93. The Kier molecular flexibility index (Phi) is 5.51. The first-order valence-electron chi connectivity index (χ1n) is 6.04. The van der Waals surface area contributed by atoms with Gasteiger partial charge in [0.05, 0.1) is 12.5 Å². The van der Waals surface area contributed by atoms with Gasteiger partial charge < -0.3 is 15.2 Å². The summed E-state index contributed by atoms with van der Waals surface area (Å²) in [6, 6.07) is 5.56. The molecule has 0 radical (unpaired) electrons. The number of rotatable bonds is 6. The summed E-state index contributed by atoms with van der Waals surface area (Å²) in [5, 5.41) is 11.4. The lowest BCUT2D eigenvalue weighted by Gasteiger charge is -2.14. The van der Waals surface area contributed by atoms with Crippen LogP contribution in [0.5, 0.6) is 0 Å². The largest absolute Gasteiger partial charge is 0.481 e. The molecular formula is C14H19NO4. The van der Waals surface area contributed by atoms with E-state index in [9.17, 15) is 9.59 Å². The van der Waals surface area contributed by atoms with E-state index in [-0.39, 0.29) is 18.9 Å². The fraction of sp³-hybridized carbons (Fsp3) is 0.429. The number of carbonyl (C=O) groups is 2. The SMILES string of the molecule is COC(CNC(=O)c1ccc(C)cc1C)CC(=O)O. The Hall–Kier alpha value is -1.88. The molecule has 2 N–H and O–H groups in total. The molecule has 0 saturated carbocycles. The number of aryl methyl sites for hydroxylation is 2. The maximum absolute atomic E-state index is 12.0. The number of methoxy groups -OCH3 is 1. The third-order valence-corrected chi connectivity index (χ3v) is 2.85. The monoisotopic (exact) mass is 265 g/mol. The number of aliphatic carboxylic acids is 1. The molecule has 1 unspecified atom stereocenters. The van der Waals surface area contributed by atoms with E-state index in [1.54, 1.807) is 6.07 Å². The summed E-state index contributed by atoms with van der Waals surface area (Å²) in [7, 11) is 1.43. The number of carboxylic acid groups (broad SMARTS) is 1. The molecule has 0 fully saturated rings. The molecule has 0 heterocycles. The number of hydrogen-bond acceptors (Lipinski definition) is 3. The zero-order chi connectivity index (χ0) is 14.4. The van der Waals surface area contributed by atoms with Gasteiger partial charge in [-0.15, -0.1) is 0 Å². The minimum atomic E-state index is -0.951. The van der Waals surface area contributed by atoms with Gasteiger partial charge in [-0.2, -0.15) is 0 Å². The minimum Gasteiger partial charge on any atom is -0.481 e. The summed E-state index contributed by atoms with van der Waals surface area (Å²) in [6.07, 6.45) is -0.656. The fourth-order valence-electron chi connectivity index (χ4n) is 1.80. The highest BCUT2D eigenvalue weighted by Gasteiger charge is 2.15. The van der Waals surface area contributed by atoms with Crippen molar-refractivity contribution in [2.75, 3.05) is 13.7 Å². The second kappa shape index (κ2) is 6.89. The van der Waals surface area contributed by atoms with Gasteiger partial charge in [0.25, 0.3) is 5.91 Å². The lowest BCUT2D eigenvalue weighted by molar-refractivity contribution is -0.139. The molecule has 5 nitrogen and oxygen atoms in total. The standard InChI is InChI=1S/C14H19NO4/c1-9-4-5-12(10(2)6-9)14(18)15-8-11(19-3)7-13(16)17/h4-6,11H,7-8H2,1-3H3,(H,15,18)(H,16,17). The third kappa shape index (κ3) is 4.71. The average Bonchev–Trinajstić information content (AvgIpc) is 2.33. The van der Waals surface area contributed by atoms with Gasteiger partial charge in [-0.25, -0.2) is 0 Å². The normalized spacial score (nSPS) is 11.9. The Balaban J connectivity index is 2.61. The van der Waals surface area contributed by atoms with E-state index in [2.05, 4.69) is 5.32 Å².